The number of rotatable bonds is 4. The highest BCUT2D eigenvalue weighted by Crippen LogP contribution is 2.19. The van der Waals surface area contributed by atoms with Gasteiger partial charge in [0.1, 0.15) is 11.4 Å². The number of piperazine rings is 1. The molecule has 1 aliphatic heterocycles. The summed E-state index contributed by atoms with van der Waals surface area (Å²) in [6, 6.07) is 4.88. The molecule has 0 radical (unpaired) electrons. The average molecular weight is 351 g/mol. The van der Waals surface area contributed by atoms with E-state index in [1.165, 1.54) is 6.07 Å². The fourth-order valence-corrected chi connectivity index (χ4v) is 2.78. The van der Waals surface area contributed by atoms with Gasteiger partial charge in [-0.15, -0.1) is 0 Å². The maximum atomic E-state index is 14.5. The Morgan fingerprint density at radius 1 is 1.28 bits per heavy atom. The Morgan fingerprint density at radius 3 is 2.48 bits per heavy atom. The minimum Gasteiger partial charge on any atom is -0.444 e. The second kappa shape index (κ2) is 8.15. The van der Waals surface area contributed by atoms with Gasteiger partial charge in [0.2, 0.25) is 0 Å². The van der Waals surface area contributed by atoms with Crippen LogP contribution in [0.25, 0.3) is 0 Å². The zero-order valence-corrected chi connectivity index (χ0v) is 15.9. The summed E-state index contributed by atoms with van der Waals surface area (Å²) in [5.41, 5.74) is 0.866. The van der Waals surface area contributed by atoms with E-state index >= 15 is 0 Å². The van der Waals surface area contributed by atoms with Crippen LogP contribution in [0.4, 0.5) is 9.18 Å². The molecule has 25 heavy (non-hydrogen) atoms. The number of ether oxygens (including phenoxy) is 1. The zero-order chi connectivity index (χ0) is 18.6. The SMILES string of the molecule is C[C@H](NC(=O)OC(C)(C)C)c1ccc(CN2CCN(C)CC2)c(F)c1. The number of carbonyl (C=O) groups is 1. The maximum Gasteiger partial charge on any atom is 0.408 e. The quantitative estimate of drug-likeness (QED) is 0.905. The Kier molecular flexibility index (Phi) is 6.41. The summed E-state index contributed by atoms with van der Waals surface area (Å²) in [7, 11) is 2.10. The van der Waals surface area contributed by atoms with Crippen LogP contribution < -0.4 is 5.32 Å². The largest absolute Gasteiger partial charge is 0.444 e. The Hall–Kier alpha value is -1.66. The van der Waals surface area contributed by atoms with Gasteiger partial charge in [-0.05, 0) is 46.4 Å². The number of hydrogen-bond acceptors (Lipinski definition) is 4. The van der Waals surface area contributed by atoms with Crippen molar-refractivity contribution < 1.29 is 13.9 Å². The summed E-state index contributed by atoms with van der Waals surface area (Å²) < 4.78 is 19.7. The molecule has 140 valence electrons. The van der Waals surface area contributed by atoms with Crippen molar-refractivity contribution in [3.05, 3.63) is 35.1 Å². The van der Waals surface area contributed by atoms with Gasteiger partial charge in [0.15, 0.2) is 0 Å². The van der Waals surface area contributed by atoms with Gasteiger partial charge in [-0.2, -0.15) is 0 Å². The lowest BCUT2D eigenvalue weighted by atomic mass is 10.0. The number of nitrogens with zero attached hydrogens (tertiary/aromatic N) is 2. The summed E-state index contributed by atoms with van der Waals surface area (Å²) in [5, 5.41) is 2.74. The van der Waals surface area contributed by atoms with Crippen LogP contribution in [0, 0.1) is 5.82 Å². The molecule has 1 aliphatic rings. The van der Waals surface area contributed by atoms with Crippen LogP contribution in [0.2, 0.25) is 0 Å². The Morgan fingerprint density at radius 2 is 1.92 bits per heavy atom. The fraction of sp³-hybridized carbons (Fsp3) is 0.632. The molecule has 0 aromatic heterocycles. The van der Waals surface area contributed by atoms with Crippen LogP contribution in [0.1, 0.15) is 44.9 Å². The molecule has 1 atom stereocenters. The first-order chi connectivity index (χ1) is 11.6. The lowest BCUT2D eigenvalue weighted by molar-refractivity contribution is 0.0508. The van der Waals surface area contributed by atoms with E-state index in [4.69, 9.17) is 4.74 Å². The maximum absolute atomic E-state index is 14.5. The predicted octanol–water partition coefficient (Wildman–Crippen LogP) is 3.16. The van der Waals surface area contributed by atoms with E-state index in [1.54, 1.807) is 0 Å². The number of benzene rings is 1. The Labute approximate surface area is 150 Å². The lowest BCUT2D eigenvalue weighted by Crippen LogP contribution is -2.44. The molecule has 0 spiro atoms. The number of alkyl carbamates (subject to hydrolysis) is 1. The number of nitrogens with one attached hydrogen (secondary N) is 1. The molecule has 2 rings (SSSR count). The van der Waals surface area contributed by atoms with E-state index in [9.17, 15) is 9.18 Å². The van der Waals surface area contributed by atoms with Crippen LogP contribution in [-0.2, 0) is 11.3 Å². The summed E-state index contributed by atoms with van der Waals surface area (Å²) in [5.74, 6) is -0.228. The van der Waals surface area contributed by atoms with Crippen molar-refractivity contribution in [3.63, 3.8) is 0 Å². The minimum atomic E-state index is -0.554. The summed E-state index contributed by atoms with van der Waals surface area (Å²) >= 11 is 0. The molecule has 1 aromatic rings. The van der Waals surface area contributed by atoms with E-state index in [-0.39, 0.29) is 11.9 Å². The molecular weight excluding hydrogens is 321 g/mol. The molecule has 1 heterocycles. The molecule has 1 amide bonds. The van der Waals surface area contributed by atoms with E-state index in [2.05, 4.69) is 22.2 Å². The van der Waals surface area contributed by atoms with E-state index < -0.39 is 11.7 Å². The molecule has 0 aliphatic carbocycles. The monoisotopic (exact) mass is 351 g/mol. The standard InChI is InChI=1S/C19H30FN3O2/c1-14(21-18(24)25-19(2,3)4)15-6-7-16(17(20)12-15)13-23-10-8-22(5)9-11-23/h6-7,12,14H,8-11,13H2,1-5H3,(H,21,24)/t14-/m0/s1. The van der Waals surface area contributed by atoms with Gasteiger partial charge in [0, 0.05) is 38.3 Å². The summed E-state index contributed by atoms with van der Waals surface area (Å²) in [4.78, 5) is 16.4. The molecular formula is C19H30FN3O2. The first-order valence-electron chi connectivity index (χ1n) is 8.83. The molecule has 1 saturated heterocycles. The van der Waals surface area contributed by atoms with E-state index in [1.807, 2.05) is 39.8 Å². The van der Waals surface area contributed by atoms with Gasteiger partial charge in [-0.25, -0.2) is 9.18 Å². The summed E-state index contributed by atoms with van der Waals surface area (Å²) in [6.07, 6.45) is -0.498. The molecule has 1 N–H and O–H groups in total. The van der Waals surface area contributed by atoms with Crippen LogP contribution >= 0.6 is 0 Å². The van der Waals surface area contributed by atoms with Crippen molar-refractivity contribution in [2.75, 3.05) is 33.2 Å². The number of likely N-dealkylation sites (N-methyl/N-ethyl adjacent to an activating group) is 1. The molecule has 1 aromatic carbocycles. The summed E-state index contributed by atoms with van der Waals surface area (Å²) in [6.45, 7) is 11.8. The molecule has 5 nitrogen and oxygen atoms in total. The predicted molar refractivity (Wildman–Crippen MR) is 97.0 cm³/mol. The van der Waals surface area contributed by atoms with E-state index in [0.29, 0.717) is 12.1 Å². The first kappa shape index (κ1) is 19.7. The average Bonchev–Trinajstić information content (AvgIpc) is 2.49. The van der Waals surface area contributed by atoms with Crippen LogP contribution in [0.3, 0.4) is 0 Å². The van der Waals surface area contributed by atoms with Gasteiger partial charge < -0.3 is 15.0 Å². The molecule has 0 saturated carbocycles. The number of carbonyl (C=O) groups excluding carboxylic acids is 1. The van der Waals surface area contributed by atoms with Crippen LogP contribution in [-0.4, -0.2) is 54.7 Å². The first-order valence-corrected chi connectivity index (χ1v) is 8.83. The third-order valence-electron chi connectivity index (χ3n) is 4.30. The van der Waals surface area contributed by atoms with Crippen molar-refractivity contribution in [1.29, 1.82) is 0 Å². The lowest BCUT2D eigenvalue weighted by Gasteiger charge is -2.32. The second-order valence-corrected chi connectivity index (χ2v) is 7.80. The third kappa shape index (κ3) is 6.29. The fourth-order valence-electron chi connectivity index (χ4n) is 2.78. The molecule has 1 fully saturated rings. The number of hydrogen-bond donors (Lipinski definition) is 1. The van der Waals surface area contributed by atoms with Crippen molar-refractivity contribution in [2.24, 2.45) is 0 Å². The molecule has 6 heteroatoms. The van der Waals surface area contributed by atoms with Crippen molar-refractivity contribution in [1.82, 2.24) is 15.1 Å². The Balaban J connectivity index is 1.95. The number of halogens is 1. The zero-order valence-electron chi connectivity index (χ0n) is 15.9. The van der Waals surface area contributed by atoms with Gasteiger partial charge >= 0.3 is 6.09 Å². The van der Waals surface area contributed by atoms with Gasteiger partial charge in [0.25, 0.3) is 0 Å². The van der Waals surface area contributed by atoms with Crippen molar-refractivity contribution >= 4 is 6.09 Å². The molecule has 0 unspecified atom stereocenters. The van der Waals surface area contributed by atoms with Crippen LogP contribution in [0.15, 0.2) is 18.2 Å². The minimum absolute atomic E-state index is 0.228. The van der Waals surface area contributed by atoms with Gasteiger partial charge in [-0.1, -0.05) is 12.1 Å². The highest BCUT2D eigenvalue weighted by atomic mass is 19.1. The van der Waals surface area contributed by atoms with E-state index in [0.717, 1.165) is 31.7 Å². The number of amides is 1. The van der Waals surface area contributed by atoms with Gasteiger partial charge in [-0.3, -0.25) is 4.90 Å². The van der Waals surface area contributed by atoms with Crippen LogP contribution in [0.5, 0.6) is 0 Å². The second-order valence-electron chi connectivity index (χ2n) is 7.80. The highest BCUT2D eigenvalue weighted by Gasteiger charge is 2.20. The highest BCUT2D eigenvalue weighted by molar-refractivity contribution is 5.68. The van der Waals surface area contributed by atoms with Crippen molar-refractivity contribution in [3.8, 4) is 0 Å². The smallest absolute Gasteiger partial charge is 0.408 e. The Bertz CT molecular complexity index is 593. The third-order valence-corrected chi connectivity index (χ3v) is 4.30. The molecule has 0 bridgehead atoms. The van der Waals surface area contributed by atoms with Crippen molar-refractivity contribution in [2.45, 2.75) is 45.9 Å². The normalized spacial score (nSPS) is 18.0. The van der Waals surface area contributed by atoms with Gasteiger partial charge in [0.05, 0.1) is 6.04 Å². The topological polar surface area (TPSA) is 44.8 Å².